The van der Waals surface area contributed by atoms with Crippen LogP contribution in [0, 0.1) is 13.8 Å². The zero-order valence-electron chi connectivity index (χ0n) is 35.0. The second-order valence-corrected chi connectivity index (χ2v) is 18.1. The number of methoxy groups -OCH3 is 2. The molecule has 0 aliphatic rings. The topological polar surface area (TPSA) is 179 Å². The standard InChI is InChI=1S/C21H22ClN5O3S.C21H23N5O3S.CH4/c1-5-26(6-2)19-16-11-13(3)18(30-4)12-17(16)27-20(23-19)21(24-25-27)31(28,29)15-9-7-14(22)8-10-15;1-5-25(6-2)19-16-12-14(3)18(29-4)13-17(16)26-20(22-19)21(23-24-26)30(27,28)15-10-8-7-9-11-15;/h7-12H,5-6H2,1-4H3;7-13H,5-6H2,1-4H3;1H4. The number of halogens is 1. The molecule has 4 aromatic carbocycles. The maximum Gasteiger partial charge on any atom is 0.229 e. The summed E-state index contributed by atoms with van der Waals surface area (Å²) in [5.41, 5.74) is 3.61. The minimum atomic E-state index is -3.95. The van der Waals surface area contributed by atoms with E-state index >= 15 is 0 Å². The summed E-state index contributed by atoms with van der Waals surface area (Å²) < 4.78 is 67.0. The summed E-state index contributed by atoms with van der Waals surface area (Å²) in [6, 6.07) is 21.8. The molecule has 0 bridgehead atoms. The number of anilines is 2. The van der Waals surface area contributed by atoms with Crippen molar-refractivity contribution in [2.45, 2.75) is 68.8 Å². The van der Waals surface area contributed by atoms with Gasteiger partial charge in [-0.25, -0.2) is 26.8 Å². The molecular weight excluding hydrogens is 852 g/mol. The van der Waals surface area contributed by atoms with Crippen molar-refractivity contribution in [3.8, 4) is 11.5 Å². The van der Waals surface area contributed by atoms with Crippen LogP contribution in [0.2, 0.25) is 5.02 Å². The lowest BCUT2D eigenvalue weighted by Crippen LogP contribution is -2.24. The van der Waals surface area contributed by atoms with Crippen molar-refractivity contribution in [2.24, 2.45) is 0 Å². The van der Waals surface area contributed by atoms with Gasteiger partial charge in [0.1, 0.15) is 23.1 Å². The Bertz CT molecular complexity index is 3140. The fourth-order valence-corrected chi connectivity index (χ4v) is 9.79. The third kappa shape index (κ3) is 7.93. The Morgan fingerprint density at radius 2 is 0.984 bits per heavy atom. The first-order valence-corrected chi connectivity index (χ1v) is 22.9. The molecule has 19 heteroatoms. The van der Waals surface area contributed by atoms with Crippen LogP contribution in [-0.4, -0.2) is 96.9 Å². The van der Waals surface area contributed by atoms with Crippen LogP contribution >= 0.6 is 11.6 Å². The third-order valence-electron chi connectivity index (χ3n) is 10.4. The fraction of sp³-hybridized carbons (Fsp3) is 0.302. The minimum absolute atomic E-state index is 0. The van der Waals surface area contributed by atoms with Crippen molar-refractivity contribution in [3.63, 3.8) is 0 Å². The van der Waals surface area contributed by atoms with Gasteiger partial charge in [-0.05, 0) is 101 Å². The van der Waals surface area contributed by atoms with Crippen LogP contribution in [0.4, 0.5) is 11.6 Å². The second kappa shape index (κ2) is 18.1. The molecule has 62 heavy (non-hydrogen) atoms. The Morgan fingerprint density at radius 1 is 0.597 bits per heavy atom. The summed E-state index contributed by atoms with van der Waals surface area (Å²) in [7, 11) is -4.64. The number of benzene rings is 4. The maximum atomic E-state index is 13.3. The van der Waals surface area contributed by atoms with Crippen molar-refractivity contribution >= 4 is 76.0 Å². The van der Waals surface area contributed by atoms with Gasteiger partial charge in [0, 0.05) is 54.1 Å². The molecule has 0 aliphatic heterocycles. The summed E-state index contributed by atoms with van der Waals surface area (Å²) in [6.45, 7) is 14.9. The average Bonchev–Trinajstić information content (AvgIpc) is 3.91. The molecule has 0 N–H and O–H groups in total. The zero-order chi connectivity index (χ0) is 43.8. The van der Waals surface area contributed by atoms with E-state index in [1.807, 2.05) is 65.8 Å². The van der Waals surface area contributed by atoms with Gasteiger partial charge in [0.05, 0.1) is 35.0 Å². The number of nitrogens with zero attached hydrogens (tertiary/aromatic N) is 10. The molecule has 16 nitrogen and oxygen atoms in total. The lowest BCUT2D eigenvalue weighted by atomic mass is 10.1. The highest BCUT2D eigenvalue weighted by Gasteiger charge is 2.30. The molecule has 8 rings (SSSR count). The van der Waals surface area contributed by atoms with E-state index in [9.17, 15) is 16.8 Å². The second-order valence-electron chi connectivity index (χ2n) is 13.9. The number of fused-ring (bicyclic) bond motifs is 6. The van der Waals surface area contributed by atoms with Gasteiger partial charge in [0.25, 0.3) is 0 Å². The molecule has 0 amide bonds. The first-order valence-electron chi connectivity index (χ1n) is 19.5. The van der Waals surface area contributed by atoms with E-state index in [4.69, 9.17) is 31.0 Å². The van der Waals surface area contributed by atoms with Gasteiger partial charge in [-0.2, -0.15) is 9.03 Å². The minimum Gasteiger partial charge on any atom is -0.496 e. The van der Waals surface area contributed by atoms with Crippen LogP contribution in [0.25, 0.3) is 33.1 Å². The van der Waals surface area contributed by atoms with Gasteiger partial charge in [-0.1, -0.05) is 47.7 Å². The Labute approximate surface area is 365 Å². The van der Waals surface area contributed by atoms with Crippen LogP contribution in [0.3, 0.4) is 0 Å². The first-order chi connectivity index (χ1) is 29.2. The quantitative estimate of drug-likeness (QED) is 0.116. The van der Waals surface area contributed by atoms with E-state index in [0.29, 0.717) is 52.3 Å². The van der Waals surface area contributed by atoms with Crippen molar-refractivity contribution in [1.82, 2.24) is 39.6 Å². The largest absolute Gasteiger partial charge is 0.496 e. The molecule has 0 aliphatic carbocycles. The van der Waals surface area contributed by atoms with Crippen molar-refractivity contribution < 1.29 is 26.3 Å². The molecule has 8 aromatic rings. The van der Waals surface area contributed by atoms with Crippen molar-refractivity contribution in [1.29, 1.82) is 0 Å². The Kier molecular flexibility index (Phi) is 13.2. The Balaban J connectivity index is 0.000000204. The maximum absolute atomic E-state index is 13.3. The van der Waals surface area contributed by atoms with E-state index in [0.717, 1.165) is 35.0 Å². The van der Waals surface area contributed by atoms with Crippen molar-refractivity contribution in [3.05, 3.63) is 95.0 Å². The smallest absolute Gasteiger partial charge is 0.229 e. The van der Waals surface area contributed by atoms with E-state index in [2.05, 4.69) is 30.4 Å². The van der Waals surface area contributed by atoms with Gasteiger partial charge < -0.3 is 19.3 Å². The lowest BCUT2D eigenvalue weighted by molar-refractivity contribution is 0.412. The number of ether oxygens (including phenoxy) is 2. The monoisotopic (exact) mass is 900 g/mol. The molecule has 0 fully saturated rings. The Morgan fingerprint density at radius 3 is 1.35 bits per heavy atom. The molecular formula is C43H49ClN10O6S2. The molecule has 326 valence electrons. The van der Waals surface area contributed by atoms with Crippen LogP contribution in [-0.2, 0) is 19.7 Å². The predicted molar refractivity (Wildman–Crippen MR) is 242 cm³/mol. The van der Waals surface area contributed by atoms with Gasteiger partial charge in [0.2, 0.25) is 29.7 Å². The molecule has 4 aromatic heterocycles. The van der Waals surface area contributed by atoms with Gasteiger partial charge in [-0.3, -0.25) is 0 Å². The normalized spacial score (nSPS) is 11.7. The molecule has 0 spiro atoms. The average molecular weight is 902 g/mol. The van der Waals surface area contributed by atoms with Crippen LogP contribution in [0.15, 0.2) is 98.7 Å². The van der Waals surface area contributed by atoms with Crippen molar-refractivity contribution in [2.75, 3.05) is 50.2 Å². The van der Waals surface area contributed by atoms with Gasteiger partial charge >= 0.3 is 0 Å². The SMILES string of the molecule is C.CCN(CC)c1nc2c(S(=O)(=O)c3ccc(Cl)cc3)nnn2c2cc(OC)c(C)cc12.CCN(CC)c1nc2c(S(=O)(=O)c3ccccc3)nnn2c2cc(OC)c(C)cc12. The van der Waals surface area contributed by atoms with Crippen LogP contribution < -0.4 is 19.3 Å². The number of rotatable bonds is 12. The van der Waals surface area contributed by atoms with Crippen LogP contribution in [0.1, 0.15) is 46.2 Å². The highest BCUT2D eigenvalue weighted by Crippen LogP contribution is 2.35. The van der Waals surface area contributed by atoms with E-state index in [1.165, 1.54) is 33.3 Å². The third-order valence-corrected chi connectivity index (χ3v) is 14.0. The van der Waals surface area contributed by atoms with Gasteiger partial charge in [0.15, 0.2) is 11.3 Å². The van der Waals surface area contributed by atoms with E-state index in [-0.39, 0.29) is 38.6 Å². The molecule has 0 saturated heterocycles. The lowest BCUT2D eigenvalue weighted by Gasteiger charge is -2.22. The highest BCUT2D eigenvalue weighted by atomic mass is 35.5. The summed E-state index contributed by atoms with van der Waals surface area (Å²) in [6.07, 6.45) is 0. The highest BCUT2D eigenvalue weighted by molar-refractivity contribution is 7.92. The summed E-state index contributed by atoms with van der Waals surface area (Å²) >= 11 is 5.92. The molecule has 0 radical (unpaired) electrons. The molecule has 0 unspecified atom stereocenters. The first kappa shape index (κ1) is 45.4. The molecule has 0 atom stereocenters. The van der Waals surface area contributed by atoms with E-state index in [1.54, 1.807) is 44.6 Å². The number of aromatic nitrogens is 8. The number of hydrogen-bond acceptors (Lipinski definition) is 14. The number of aryl methyl sites for hydroxylation is 2. The van der Waals surface area contributed by atoms with Crippen LogP contribution in [0.5, 0.6) is 11.5 Å². The predicted octanol–water partition coefficient (Wildman–Crippen LogP) is 7.84. The van der Waals surface area contributed by atoms with E-state index < -0.39 is 19.7 Å². The summed E-state index contributed by atoms with van der Waals surface area (Å²) in [4.78, 5) is 13.8. The number of sulfone groups is 2. The fourth-order valence-electron chi connectivity index (χ4n) is 7.18. The summed E-state index contributed by atoms with van der Waals surface area (Å²) in [5.74, 6) is 2.72. The summed E-state index contributed by atoms with van der Waals surface area (Å²) in [5, 5.41) is 18.1. The molecule has 0 saturated carbocycles. The van der Waals surface area contributed by atoms with Gasteiger partial charge in [-0.15, -0.1) is 10.2 Å². The Hall–Kier alpha value is -6.11. The number of hydrogen-bond donors (Lipinski definition) is 0. The molecule has 4 heterocycles. The zero-order valence-corrected chi connectivity index (χ0v) is 37.3.